The molecule has 0 aromatic carbocycles. The molecule has 94 valence electrons. The first kappa shape index (κ1) is 12.3. The van der Waals surface area contributed by atoms with E-state index in [1.165, 1.54) is 13.3 Å². The Balaban J connectivity index is 2.22. The summed E-state index contributed by atoms with van der Waals surface area (Å²) in [5.74, 6) is 0.493. The summed E-state index contributed by atoms with van der Waals surface area (Å²) in [6.07, 6.45) is 4.15. The smallest absolute Gasteiger partial charge is 0.246 e. The van der Waals surface area contributed by atoms with Gasteiger partial charge < -0.3 is 10.1 Å². The number of pyridine rings is 1. The molecule has 1 saturated heterocycles. The normalized spacial score (nSPS) is 18.1. The van der Waals surface area contributed by atoms with E-state index in [1.54, 1.807) is 12.1 Å². The van der Waals surface area contributed by atoms with E-state index in [9.17, 15) is 4.79 Å². The summed E-state index contributed by atoms with van der Waals surface area (Å²) in [5, 5.41) is 12.2. The Hall–Kier alpha value is -2.13. The van der Waals surface area contributed by atoms with Gasteiger partial charge in [-0.05, 0) is 19.0 Å². The maximum atomic E-state index is 12.2. The fraction of sp³-hybridized carbons (Fsp3) is 0.417. The van der Waals surface area contributed by atoms with Crippen LogP contribution in [-0.4, -0.2) is 31.1 Å². The predicted molar refractivity (Wildman–Crippen MR) is 64.9 cm³/mol. The van der Waals surface area contributed by atoms with Gasteiger partial charge in [-0.25, -0.2) is 4.98 Å². The van der Waals surface area contributed by atoms with Gasteiger partial charge in [0.25, 0.3) is 0 Å². The van der Waals surface area contributed by atoms with Crippen LogP contribution in [-0.2, 0) is 4.79 Å². The Morgan fingerprint density at radius 2 is 2.56 bits per heavy atom. The highest BCUT2D eigenvalue weighted by Gasteiger charge is 2.29. The van der Waals surface area contributed by atoms with Crippen molar-refractivity contribution in [1.29, 1.82) is 5.26 Å². The lowest BCUT2D eigenvalue weighted by molar-refractivity contribution is -0.121. The fourth-order valence-electron chi connectivity index (χ4n) is 1.91. The van der Waals surface area contributed by atoms with Crippen molar-refractivity contribution < 1.29 is 9.53 Å². The lowest BCUT2D eigenvalue weighted by atomic mass is 10.1. The largest absolute Gasteiger partial charge is 0.497 e. The van der Waals surface area contributed by atoms with E-state index < -0.39 is 0 Å². The van der Waals surface area contributed by atoms with Crippen molar-refractivity contribution >= 4 is 11.7 Å². The van der Waals surface area contributed by atoms with Crippen molar-refractivity contribution in [2.75, 3.05) is 25.1 Å². The maximum Gasteiger partial charge on any atom is 0.246 e. The number of carbonyl (C=O) groups excluding carboxylic acids is 1. The summed E-state index contributed by atoms with van der Waals surface area (Å²) in [5.41, 5.74) is 0. The molecule has 1 aliphatic rings. The first-order chi connectivity index (χ1) is 8.76. The zero-order valence-corrected chi connectivity index (χ0v) is 10.1. The number of nitrogens with one attached hydrogen (secondary N) is 1. The fourth-order valence-corrected chi connectivity index (χ4v) is 1.91. The molecule has 18 heavy (non-hydrogen) atoms. The third kappa shape index (κ3) is 2.41. The number of nitrogens with zero attached hydrogens (tertiary/aromatic N) is 3. The third-order valence-electron chi connectivity index (χ3n) is 2.91. The quantitative estimate of drug-likeness (QED) is 0.621. The van der Waals surface area contributed by atoms with Gasteiger partial charge in [-0.3, -0.25) is 4.79 Å². The van der Waals surface area contributed by atoms with Crippen LogP contribution in [0.15, 0.2) is 18.3 Å². The van der Waals surface area contributed by atoms with Crippen LogP contribution in [0.4, 0.5) is 5.82 Å². The minimum atomic E-state index is -0.219. The highest BCUT2D eigenvalue weighted by atomic mass is 16.5. The molecule has 6 heteroatoms. The molecule has 0 radical (unpaired) electrons. The molecular weight excluding hydrogens is 232 g/mol. The number of hydrogen-bond acceptors (Lipinski definition) is 5. The maximum absolute atomic E-state index is 12.2. The predicted octanol–water partition coefficient (Wildman–Crippen LogP) is 0.514. The molecule has 1 aromatic rings. The van der Waals surface area contributed by atoms with Crippen LogP contribution in [0.5, 0.6) is 5.75 Å². The summed E-state index contributed by atoms with van der Waals surface area (Å²) in [4.78, 5) is 17.2. The molecule has 1 aliphatic heterocycles. The van der Waals surface area contributed by atoms with Crippen LogP contribution in [0.3, 0.4) is 0 Å². The zero-order chi connectivity index (χ0) is 13.0. The van der Waals surface area contributed by atoms with Crippen LogP contribution < -0.4 is 15.0 Å². The zero-order valence-electron chi connectivity index (χ0n) is 10.1. The molecule has 1 fully saturated rings. The Morgan fingerprint density at radius 3 is 3.17 bits per heavy atom. The van der Waals surface area contributed by atoms with Gasteiger partial charge in [0.1, 0.15) is 5.75 Å². The van der Waals surface area contributed by atoms with Gasteiger partial charge >= 0.3 is 0 Å². The molecular formula is C12H14N4O2. The topological polar surface area (TPSA) is 78.2 Å². The number of hydrogen-bond donors (Lipinski definition) is 1. The van der Waals surface area contributed by atoms with Gasteiger partial charge in [0.2, 0.25) is 5.91 Å². The lowest BCUT2D eigenvalue weighted by Gasteiger charge is -2.16. The summed E-state index contributed by atoms with van der Waals surface area (Å²) in [6.45, 7) is 1.42. The van der Waals surface area contributed by atoms with Gasteiger partial charge in [0.05, 0.1) is 13.0 Å². The molecule has 1 N–H and O–H groups in total. The molecule has 2 rings (SSSR count). The minimum absolute atomic E-state index is 0.155. The number of anilines is 1. The Kier molecular flexibility index (Phi) is 3.75. The molecule has 0 aliphatic carbocycles. The van der Waals surface area contributed by atoms with E-state index in [2.05, 4.69) is 10.3 Å². The average Bonchev–Trinajstić information content (AvgIpc) is 2.93. The second-order valence-electron chi connectivity index (χ2n) is 4.02. The van der Waals surface area contributed by atoms with Crippen LogP contribution in [0.25, 0.3) is 0 Å². The van der Waals surface area contributed by atoms with E-state index in [-0.39, 0.29) is 11.8 Å². The number of amides is 1. The lowest BCUT2D eigenvalue weighted by Crippen LogP contribution is -2.34. The number of rotatable bonds is 3. The number of ether oxygens (including phenoxy) is 1. The molecule has 0 spiro atoms. The van der Waals surface area contributed by atoms with Gasteiger partial charge in [-0.15, -0.1) is 0 Å². The Labute approximate surface area is 105 Å². The van der Waals surface area contributed by atoms with E-state index in [1.807, 2.05) is 6.19 Å². The standard InChI is InChI=1S/C12H14N4O2/c1-18-10-3-5-15-11(6-10)16(8-13)12(17)9-2-4-14-7-9/h3,5-6,9,14H,2,4,7H2,1H3/t9-/m0/s1. The molecule has 1 aromatic heterocycles. The number of nitriles is 1. The van der Waals surface area contributed by atoms with Crippen molar-refractivity contribution in [3.63, 3.8) is 0 Å². The second-order valence-corrected chi connectivity index (χ2v) is 4.02. The highest BCUT2D eigenvalue weighted by Crippen LogP contribution is 2.20. The summed E-state index contributed by atoms with van der Waals surface area (Å²) < 4.78 is 5.06. The van der Waals surface area contributed by atoms with E-state index in [0.29, 0.717) is 18.1 Å². The van der Waals surface area contributed by atoms with Gasteiger partial charge in [0, 0.05) is 18.8 Å². The Bertz CT molecular complexity index is 477. The second kappa shape index (κ2) is 5.47. The Morgan fingerprint density at radius 1 is 1.72 bits per heavy atom. The van der Waals surface area contributed by atoms with Crippen LogP contribution in [0.1, 0.15) is 6.42 Å². The van der Waals surface area contributed by atoms with Crippen LogP contribution in [0, 0.1) is 17.4 Å². The van der Waals surface area contributed by atoms with Crippen molar-refractivity contribution in [2.24, 2.45) is 5.92 Å². The van der Waals surface area contributed by atoms with E-state index in [4.69, 9.17) is 10.00 Å². The number of carbonyl (C=O) groups is 1. The van der Waals surface area contributed by atoms with Crippen LogP contribution >= 0.6 is 0 Å². The summed E-state index contributed by atoms with van der Waals surface area (Å²) in [7, 11) is 1.53. The number of methoxy groups -OCH3 is 1. The molecule has 2 heterocycles. The van der Waals surface area contributed by atoms with Crippen molar-refractivity contribution in [3.8, 4) is 11.9 Å². The van der Waals surface area contributed by atoms with E-state index >= 15 is 0 Å². The molecule has 1 amide bonds. The average molecular weight is 246 g/mol. The molecule has 1 atom stereocenters. The summed E-state index contributed by atoms with van der Waals surface area (Å²) >= 11 is 0. The molecule has 6 nitrogen and oxygen atoms in total. The first-order valence-electron chi connectivity index (χ1n) is 5.70. The SMILES string of the molecule is COc1ccnc(N(C#N)C(=O)[C@H]2CCNC2)c1. The van der Waals surface area contributed by atoms with Gasteiger partial charge in [-0.2, -0.15) is 10.2 Å². The minimum Gasteiger partial charge on any atom is -0.497 e. The first-order valence-corrected chi connectivity index (χ1v) is 5.70. The van der Waals surface area contributed by atoms with Crippen molar-refractivity contribution in [1.82, 2.24) is 10.3 Å². The number of aromatic nitrogens is 1. The van der Waals surface area contributed by atoms with Crippen LogP contribution in [0.2, 0.25) is 0 Å². The molecule has 0 unspecified atom stereocenters. The van der Waals surface area contributed by atoms with E-state index in [0.717, 1.165) is 17.9 Å². The molecule has 0 saturated carbocycles. The van der Waals surface area contributed by atoms with Gasteiger partial charge in [0.15, 0.2) is 12.0 Å². The summed E-state index contributed by atoms with van der Waals surface area (Å²) in [6, 6.07) is 3.24. The third-order valence-corrected chi connectivity index (χ3v) is 2.91. The van der Waals surface area contributed by atoms with Gasteiger partial charge in [-0.1, -0.05) is 0 Å². The highest BCUT2D eigenvalue weighted by molar-refractivity contribution is 5.97. The van der Waals surface area contributed by atoms with Crippen molar-refractivity contribution in [2.45, 2.75) is 6.42 Å². The van der Waals surface area contributed by atoms with Crippen molar-refractivity contribution in [3.05, 3.63) is 18.3 Å². The molecule has 0 bridgehead atoms. The monoisotopic (exact) mass is 246 g/mol.